The van der Waals surface area contributed by atoms with E-state index in [0.717, 1.165) is 16.2 Å². The fourth-order valence-corrected chi connectivity index (χ4v) is 2.66. The molecule has 0 saturated carbocycles. The maximum absolute atomic E-state index is 11.9. The van der Waals surface area contributed by atoms with Crippen molar-refractivity contribution in [2.45, 2.75) is 4.90 Å². The molecule has 0 aliphatic heterocycles. The molecule has 3 aromatic rings. The lowest BCUT2D eigenvalue weighted by Gasteiger charge is -2.01. The Bertz CT molecular complexity index is 803. The average Bonchev–Trinajstić information content (AvgIpc) is 3.09. The van der Waals surface area contributed by atoms with Gasteiger partial charge in [-0.15, -0.1) is 16.9 Å². The zero-order valence-corrected chi connectivity index (χ0v) is 13.7. The van der Waals surface area contributed by atoms with E-state index in [2.05, 4.69) is 15.5 Å². The van der Waals surface area contributed by atoms with Crippen molar-refractivity contribution in [3.8, 4) is 17.2 Å². The van der Waals surface area contributed by atoms with Crippen molar-refractivity contribution in [2.75, 3.05) is 18.2 Å². The highest BCUT2D eigenvalue weighted by Gasteiger charge is 2.11. The fourth-order valence-electron chi connectivity index (χ4n) is 1.94. The molecule has 1 heterocycles. The highest BCUT2D eigenvalue weighted by atomic mass is 32.2. The number of nitrogens with zero attached hydrogens (tertiary/aromatic N) is 2. The summed E-state index contributed by atoms with van der Waals surface area (Å²) >= 11 is 1.44. The van der Waals surface area contributed by atoms with Gasteiger partial charge in [0.2, 0.25) is 11.8 Å². The van der Waals surface area contributed by atoms with Gasteiger partial charge in [0.15, 0.2) is 0 Å². The lowest BCUT2D eigenvalue weighted by Crippen LogP contribution is -2.14. The Morgan fingerprint density at radius 2 is 1.88 bits per heavy atom. The predicted octanol–water partition coefficient (Wildman–Crippen LogP) is 3.48. The van der Waals surface area contributed by atoms with Gasteiger partial charge >= 0.3 is 6.01 Å². The highest BCUT2D eigenvalue weighted by molar-refractivity contribution is 8.00. The van der Waals surface area contributed by atoms with Crippen LogP contribution in [0.3, 0.4) is 0 Å². The number of amides is 1. The third-order valence-corrected chi connectivity index (χ3v) is 4.13. The molecule has 0 atom stereocenters. The summed E-state index contributed by atoms with van der Waals surface area (Å²) in [6, 6.07) is 17.0. The summed E-state index contributed by atoms with van der Waals surface area (Å²) in [5.74, 6) is 1.15. The first-order chi connectivity index (χ1) is 11.7. The highest BCUT2D eigenvalue weighted by Crippen LogP contribution is 2.23. The molecule has 2 aromatic carbocycles. The normalized spacial score (nSPS) is 10.4. The number of ether oxygens (including phenoxy) is 1. The second kappa shape index (κ2) is 7.65. The number of carbonyl (C=O) groups is 1. The second-order valence-electron chi connectivity index (χ2n) is 4.79. The number of carbonyl (C=O) groups excluding carboxylic acids is 1. The number of methoxy groups -OCH3 is 1. The van der Waals surface area contributed by atoms with Crippen molar-refractivity contribution < 1.29 is 13.9 Å². The minimum Gasteiger partial charge on any atom is -0.497 e. The zero-order valence-electron chi connectivity index (χ0n) is 12.9. The molecule has 3 rings (SSSR count). The zero-order chi connectivity index (χ0) is 16.8. The number of nitrogens with one attached hydrogen (secondary N) is 1. The molecule has 0 saturated heterocycles. The Hall–Kier alpha value is -2.80. The summed E-state index contributed by atoms with van der Waals surface area (Å²) in [6.07, 6.45) is 0. The molecule has 0 radical (unpaired) electrons. The summed E-state index contributed by atoms with van der Waals surface area (Å²) in [6.45, 7) is 0. The lowest BCUT2D eigenvalue weighted by molar-refractivity contribution is -0.113. The molecule has 1 N–H and O–H groups in total. The van der Waals surface area contributed by atoms with Gasteiger partial charge in [0.25, 0.3) is 0 Å². The molecule has 0 bridgehead atoms. The van der Waals surface area contributed by atoms with E-state index in [0.29, 0.717) is 5.89 Å². The summed E-state index contributed by atoms with van der Waals surface area (Å²) in [5, 5.41) is 10.4. The minimum atomic E-state index is -0.200. The van der Waals surface area contributed by atoms with Crippen molar-refractivity contribution in [1.29, 1.82) is 0 Å². The first kappa shape index (κ1) is 16.1. The van der Waals surface area contributed by atoms with Crippen molar-refractivity contribution >= 4 is 23.7 Å². The van der Waals surface area contributed by atoms with Crippen molar-refractivity contribution in [2.24, 2.45) is 0 Å². The first-order valence-electron chi connectivity index (χ1n) is 7.20. The van der Waals surface area contributed by atoms with E-state index in [1.807, 2.05) is 42.5 Å². The van der Waals surface area contributed by atoms with Gasteiger partial charge in [-0.25, -0.2) is 0 Å². The maximum Gasteiger partial charge on any atom is 0.322 e. The van der Waals surface area contributed by atoms with Gasteiger partial charge in [-0.2, -0.15) is 0 Å². The Balaban J connectivity index is 1.58. The molecular formula is C17H15N3O3S. The van der Waals surface area contributed by atoms with E-state index in [1.54, 1.807) is 19.2 Å². The largest absolute Gasteiger partial charge is 0.497 e. The monoisotopic (exact) mass is 341 g/mol. The standard InChI is InChI=1S/C17H15N3O3S/c1-22-13-9-7-12(8-10-13)16-19-20-17(23-16)18-15(21)11-24-14-5-3-2-4-6-14/h2-10H,11H2,1H3,(H,18,20,21). The van der Waals surface area contributed by atoms with Crippen LogP contribution in [0.1, 0.15) is 0 Å². The number of hydrogen-bond acceptors (Lipinski definition) is 6. The topological polar surface area (TPSA) is 77.3 Å². The molecule has 24 heavy (non-hydrogen) atoms. The van der Waals surface area contributed by atoms with Crippen molar-refractivity contribution in [3.63, 3.8) is 0 Å². The number of benzene rings is 2. The SMILES string of the molecule is COc1ccc(-c2nnc(NC(=O)CSc3ccccc3)o2)cc1. The molecule has 0 aliphatic rings. The smallest absolute Gasteiger partial charge is 0.322 e. The summed E-state index contributed by atoms with van der Waals surface area (Å²) in [5.41, 5.74) is 0.752. The summed E-state index contributed by atoms with van der Waals surface area (Å²) in [4.78, 5) is 13.0. The molecular weight excluding hydrogens is 326 g/mol. The van der Waals surface area contributed by atoms with Crippen LogP contribution in [-0.4, -0.2) is 29.0 Å². The molecule has 1 aromatic heterocycles. The van der Waals surface area contributed by atoms with Crippen LogP contribution in [0.4, 0.5) is 6.01 Å². The van der Waals surface area contributed by atoms with Gasteiger partial charge in [-0.3, -0.25) is 10.1 Å². The van der Waals surface area contributed by atoms with Gasteiger partial charge in [0, 0.05) is 10.5 Å². The number of rotatable bonds is 6. The van der Waals surface area contributed by atoms with Gasteiger partial charge in [0.1, 0.15) is 5.75 Å². The lowest BCUT2D eigenvalue weighted by atomic mass is 10.2. The van der Waals surface area contributed by atoms with Gasteiger partial charge in [-0.1, -0.05) is 23.3 Å². The van der Waals surface area contributed by atoms with E-state index >= 15 is 0 Å². The second-order valence-corrected chi connectivity index (χ2v) is 5.84. The molecule has 0 spiro atoms. The van der Waals surface area contributed by atoms with Crippen LogP contribution in [0, 0.1) is 0 Å². The average molecular weight is 341 g/mol. The van der Waals surface area contributed by atoms with Crippen molar-refractivity contribution in [3.05, 3.63) is 54.6 Å². The number of thioether (sulfide) groups is 1. The van der Waals surface area contributed by atoms with Crippen LogP contribution < -0.4 is 10.1 Å². The molecule has 0 unspecified atom stereocenters. The molecule has 122 valence electrons. The van der Waals surface area contributed by atoms with E-state index < -0.39 is 0 Å². The van der Waals surface area contributed by atoms with Gasteiger partial charge in [-0.05, 0) is 36.4 Å². The molecule has 0 aliphatic carbocycles. The van der Waals surface area contributed by atoms with Crippen LogP contribution in [0.2, 0.25) is 0 Å². The minimum absolute atomic E-state index is 0.0829. The summed E-state index contributed by atoms with van der Waals surface area (Å²) < 4.78 is 10.6. The Morgan fingerprint density at radius 1 is 1.12 bits per heavy atom. The quantitative estimate of drug-likeness (QED) is 0.692. The number of anilines is 1. The fraction of sp³-hybridized carbons (Fsp3) is 0.118. The Kier molecular flexibility index (Phi) is 5.12. The Labute approximate surface area is 143 Å². The Morgan fingerprint density at radius 3 is 2.58 bits per heavy atom. The number of hydrogen-bond donors (Lipinski definition) is 1. The van der Waals surface area contributed by atoms with Crippen LogP contribution in [-0.2, 0) is 4.79 Å². The van der Waals surface area contributed by atoms with E-state index in [1.165, 1.54) is 11.8 Å². The van der Waals surface area contributed by atoms with Crippen LogP contribution >= 0.6 is 11.8 Å². The third-order valence-electron chi connectivity index (χ3n) is 3.12. The van der Waals surface area contributed by atoms with Crippen LogP contribution in [0.15, 0.2) is 63.9 Å². The van der Waals surface area contributed by atoms with Gasteiger partial charge in [0.05, 0.1) is 12.9 Å². The molecule has 6 nitrogen and oxygen atoms in total. The molecule has 0 fully saturated rings. The predicted molar refractivity (Wildman–Crippen MR) is 92.1 cm³/mol. The van der Waals surface area contributed by atoms with Gasteiger partial charge < -0.3 is 9.15 Å². The molecule has 1 amide bonds. The van der Waals surface area contributed by atoms with E-state index in [4.69, 9.17) is 9.15 Å². The molecule has 7 heteroatoms. The number of aromatic nitrogens is 2. The first-order valence-corrected chi connectivity index (χ1v) is 8.19. The third kappa shape index (κ3) is 4.14. The summed E-state index contributed by atoms with van der Waals surface area (Å²) in [7, 11) is 1.60. The van der Waals surface area contributed by atoms with Crippen molar-refractivity contribution in [1.82, 2.24) is 10.2 Å². The van der Waals surface area contributed by atoms with Crippen LogP contribution in [0.5, 0.6) is 5.75 Å². The van der Waals surface area contributed by atoms with E-state index in [-0.39, 0.29) is 17.7 Å². The van der Waals surface area contributed by atoms with Crippen LogP contribution in [0.25, 0.3) is 11.5 Å². The van der Waals surface area contributed by atoms with E-state index in [9.17, 15) is 4.79 Å². The maximum atomic E-state index is 11.9.